The third-order valence-corrected chi connectivity index (χ3v) is 2.87. The van der Waals surface area contributed by atoms with Crippen LogP contribution in [0.5, 0.6) is 11.5 Å². The maximum Gasteiger partial charge on any atom is 0.201 e. The van der Waals surface area contributed by atoms with Crippen LogP contribution >= 0.6 is 0 Å². The van der Waals surface area contributed by atoms with Crippen LogP contribution in [0.15, 0.2) is 36.7 Å². The highest BCUT2D eigenvalue weighted by atomic mass is 19.1. The number of carbonyl (C=O) groups excluding carboxylic acids is 1. The highest BCUT2D eigenvalue weighted by Gasteiger charge is 2.19. The van der Waals surface area contributed by atoms with Crippen molar-refractivity contribution in [3.8, 4) is 11.5 Å². The average Bonchev–Trinajstić information content (AvgIpc) is 2.52. The lowest BCUT2D eigenvalue weighted by Crippen LogP contribution is -2.08. The van der Waals surface area contributed by atoms with Gasteiger partial charge in [-0.3, -0.25) is 9.78 Å². The Kier molecular flexibility index (Phi) is 4.87. The van der Waals surface area contributed by atoms with E-state index in [0.29, 0.717) is 12.4 Å². The molecule has 0 fully saturated rings. The van der Waals surface area contributed by atoms with Gasteiger partial charge in [0.05, 0.1) is 19.9 Å². The second-order valence-corrected chi connectivity index (χ2v) is 4.40. The number of ether oxygens (including phenoxy) is 2. The molecule has 0 amide bonds. The van der Waals surface area contributed by atoms with E-state index in [4.69, 9.17) is 9.47 Å². The van der Waals surface area contributed by atoms with Gasteiger partial charge in [-0.2, -0.15) is 0 Å². The molecule has 2 aromatic rings. The lowest BCUT2D eigenvalue weighted by Gasteiger charge is -2.09. The van der Waals surface area contributed by atoms with Crippen molar-refractivity contribution in [1.82, 2.24) is 4.98 Å². The van der Waals surface area contributed by atoms with Crippen molar-refractivity contribution in [3.63, 3.8) is 0 Å². The second-order valence-electron chi connectivity index (χ2n) is 4.40. The van der Waals surface area contributed by atoms with Crippen LogP contribution in [0.2, 0.25) is 0 Å². The van der Waals surface area contributed by atoms with Crippen molar-refractivity contribution in [3.05, 3.63) is 53.6 Å². The molecule has 0 N–H and O–H groups in total. The minimum absolute atomic E-state index is 0.102. The first-order valence-corrected chi connectivity index (χ1v) is 6.62. The molecule has 0 aliphatic rings. The van der Waals surface area contributed by atoms with Crippen LogP contribution in [-0.2, 0) is 0 Å². The molecule has 1 aromatic heterocycles. The molecule has 0 aliphatic heterocycles. The molecule has 1 heterocycles. The third-order valence-electron chi connectivity index (χ3n) is 2.87. The van der Waals surface area contributed by atoms with Gasteiger partial charge in [0.2, 0.25) is 5.78 Å². The maximum atomic E-state index is 13.9. The molecule has 21 heavy (non-hydrogen) atoms. The molecule has 0 unspecified atom stereocenters. The molecule has 0 saturated heterocycles. The predicted octanol–water partition coefficient (Wildman–Crippen LogP) is 3.25. The van der Waals surface area contributed by atoms with Gasteiger partial charge in [-0.1, -0.05) is 13.0 Å². The van der Waals surface area contributed by atoms with Crippen LogP contribution in [0, 0.1) is 5.82 Å². The number of ketones is 1. The van der Waals surface area contributed by atoms with E-state index in [1.165, 1.54) is 31.6 Å². The molecule has 0 spiro atoms. The van der Waals surface area contributed by atoms with Crippen LogP contribution < -0.4 is 9.47 Å². The summed E-state index contributed by atoms with van der Waals surface area (Å²) in [7, 11) is 1.39. The topological polar surface area (TPSA) is 48.4 Å². The minimum atomic E-state index is -0.626. The van der Waals surface area contributed by atoms with E-state index >= 15 is 0 Å². The Bertz CT molecular complexity index is 643. The van der Waals surface area contributed by atoms with Gasteiger partial charge in [0.25, 0.3) is 0 Å². The Labute approximate surface area is 122 Å². The van der Waals surface area contributed by atoms with Crippen molar-refractivity contribution in [2.45, 2.75) is 13.3 Å². The summed E-state index contributed by atoms with van der Waals surface area (Å²) in [6.45, 7) is 2.51. The number of nitrogens with zero attached hydrogens (tertiary/aromatic N) is 1. The number of benzene rings is 1. The fraction of sp³-hybridized carbons (Fsp3) is 0.250. The monoisotopic (exact) mass is 289 g/mol. The lowest BCUT2D eigenvalue weighted by molar-refractivity contribution is 0.103. The van der Waals surface area contributed by atoms with Gasteiger partial charge >= 0.3 is 0 Å². The van der Waals surface area contributed by atoms with Gasteiger partial charge in [-0.05, 0) is 24.6 Å². The van der Waals surface area contributed by atoms with E-state index in [9.17, 15) is 9.18 Å². The fourth-order valence-corrected chi connectivity index (χ4v) is 1.88. The summed E-state index contributed by atoms with van der Waals surface area (Å²) in [5, 5.41) is 0. The van der Waals surface area contributed by atoms with Crippen LogP contribution in [0.3, 0.4) is 0 Å². The summed E-state index contributed by atoms with van der Waals surface area (Å²) in [6.07, 6.45) is 3.75. The highest BCUT2D eigenvalue weighted by molar-refractivity contribution is 6.10. The van der Waals surface area contributed by atoms with E-state index in [2.05, 4.69) is 4.98 Å². The standard InChI is InChI=1S/C16H16FNO3/c1-3-7-21-12-8-11(9-18-10-12)16(19)15-13(17)5-4-6-14(15)20-2/h4-6,8-10H,3,7H2,1-2H3. The van der Waals surface area contributed by atoms with Crippen LogP contribution in [0.25, 0.3) is 0 Å². The number of pyridine rings is 1. The molecule has 1 aromatic carbocycles. The van der Waals surface area contributed by atoms with E-state index in [0.717, 1.165) is 6.42 Å². The lowest BCUT2D eigenvalue weighted by atomic mass is 10.0. The molecule has 0 bridgehead atoms. The summed E-state index contributed by atoms with van der Waals surface area (Å²) in [5.41, 5.74) is 0.154. The molecule has 4 nitrogen and oxygen atoms in total. The molecular formula is C16H16FNO3. The molecule has 0 radical (unpaired) electrons. The zero-order valence-corrected chi connectivity index (χ0v) is 11.9. The number of hydrogen-bond acceptors (Lipinski definition) is 4. The summed E-state index contributed by atoms with van der Waals surface area (Å²) in [4.78, 5) is 16.4. The Balaban J connectivity index is 2.36. The van der Waals surface area contributed by atoms with Crippen LogP contribution in [0.4, 0.5) is 4.39 Å². The molecule has 2 rings (SSSR count). The summed E-state index contributed by atoms with van der Waals surface area (Å²) in [5.74, 6) is -0.434. The van der Waals surface area contributed by atoms with E-state index in [1.807, 2.05) is 6.92 Å². The summed E-state index contributed by atoms with van der Waals surface area (Å²) in [6, 6.07) is 5.81. The molecule has 0 saturated carbocycles. The SMILES string of the molecule is CCCOc1cncc(C(=O)c2c(F)cccc2OC)c1. The van der Waals surface area contributed by atoms with Gasteiger partial charge in [-0.15, -0.1) is 0 Å². The van der Waals surface area contributed by atoms with Crippen LogP contribution in [0.1, 0.15) is 29.3 Å². The fourth-order valence-electron chi connectivity index (χ4n) is 1.88. The van der Waals surface area contributed by atoms with E-state index in [-0.39, 0.29) is 16.9 Å². The largest absolute Gasteiger partial charge is 0.496 e. The Morgan fingerprint density at radius 2 is 2.14 bits per heavy atom. The van der Waals surface area contributed by atoms with Crippen LogP contribution in [-0.4, -0.2) is 24.5 Å². The Hall–Kier alpha value is -2.43. The number of carbonyl (C=O) groups is 1. The Morgan fingerprint density at radius 3 is 2.86 bits per heavy atom. The van der Waals surface area contributed by atoms with E-state index < -0.39 is 11.6 Å². The quantitative estimate of drug-likeness (QED) is 0.766. The minimum Gasteiger partial charge on any atom is -0.496 e. The average molecular weight is 289 g/mol. The highest BCUT2D eigenvalue weighted by Crippen LogP contribution is 2.25. The zero-order chi connectivity index (χ0) is 15.2. The van der Waals surface area contributed by atoms with Gasteiger partial charge in [0, 0.05) is 11.8 Å². The molecule has 5 heteroatoms. The first-order chi connectivity index (χ1) is 10.2. The number of aromatic nitrogens is 1. The predicted molar refractivity (Wildman–Crippen MR) is 76.4 cm³/mol. The number of halogens is 1. The second kappa shape index (κ2) is 6.83. The van der Waals surface area contributed by atoms with Crippen molar-refractivity contribution < 1.29 is 18.7 Å². The molecule has 110 valence electrons. The van der Waals surface area contributed by atoms with Crippen molar-refractivity contribution in [1.29, 1.82) is 0 Å². The smallest absolute Gasteiger partial charge is 0.201 e. The van der Waals surface area contributed by atoms with Gasteiger partial charge < -0.3 is 9.47 Å². The summed E-state index contributed by atoms with van der Waals surface area (Å²) >= 11 is 0. The van der Waals surface area contributed by atoms with E-state index in [1.54, 1.807) is 12.1 Å². The first-order valence-electron chi connectivity index (χ1n) is 6.62. The zero-order valence-electron chi connectivity index (χ0n) is 11.9. The number of hydrogen-bond donors (Lipinski definition) is 0. The van der Waals surface area contributed by atoms with Gasteiger partial charge in [-0.25, -0.2) is 4.39 Å². The number of rotatable bonds is 6. The third kappa shape index (κ3) is 3.37. The van der Waals surface area contributed by atoms with Crippen molar-refractivity contribution in [2.75, 3.05) is 13.7 Å². The van der Waals surface area contributed by atoms with Gasteiger partial charge in [0.15, 0.2) is 0 Å². The number of methoxy groups -OCH3 is 1. The Morgan fingerprint density at radius 1 is 1.33 bits per heavy atom. The van der Waals surface area contributed by atoms with Gasteiger partial charge in [0.1, 0.15) is 22.9 Å². The molecule has 0 aliphatic carbocycles. The normalized spacial score (nSPS) is 10.2. The molecular weight excluding hydrogens is 273 g/mol. The first kappa shape index (κ1) is 15.0. The molecule has 0 atom stereocenters. The van der Waals surface area contributed by atoms with Crippen molar-refractivity contribution in [2.24, 2.45) is 0 Å². The maximum absolute atomic E-state index is 13.9. The summed E-state index contributed by atoms with van der Waals surface area (Å²) < 4.78 is 24.4. The van der Waals surface area contributed by atoms with Crippen molar-refractivity contribution >= 4 is 5.78 Å².